The summed E-state index contributed by atoms with van der Waals surface area (Å²) in [4.78, 5) is 12.0. The van der Waals surface area contributed by atoms with Crippen molar-refractivity contribution < 1.29 is 9.53 Å². The van der Waals surface area contributed by atoms with Gasteiger partial charge in [-0.25, -0.2) is 0 Å². The summed E-state index contributed by atoms with van der Waals surface area (Å²) in [5, 5.41) is 3.53. The molecule has 1 aliphatic rings. The Kier molecular flexibility index (Phi) is 4.48. The number of carbonyl (C=O) groups excluding carboxylic acids is 1. The Morgan fingerprint density at radius 2 is 2.32 bits per heavy atom. The predicted molar refractivity (Wildman–Crippen MR) is 77.9 cm³/mol. The molecule has 3 nitrogen and oxygen atoms in total. The molecule has 0 radical (unpaired) electrons. The van der Waals surface area contributed by atoms with E-state index in [2.05, 4.69) is 17.5 Å². The largest absolute Gasteiger partial charge is 0.495 e. The van der Waals surface area contributed by atoms with Gasteiger partial charge in [-0.3, -0.25) is 4.79 Å². The average molecular weight is 280 g/mol. The minimum absolute atomic E-state index is 0.0107. The fraction of sp³-hybridized carbons (Fsp3) is 0.400. The second-order valence-corrected chi connectivity index (χ2v) is 5.23. The smallest absolute Gasteiger partial charge is 0.225 e. The van der Waals surface area contributed by atoms with E-state index in [0.717, 1.165) is 18.4 Å². The lowest BCUT2D eigenvalue weighted by Crippen LogP contribution is -2.15. The summed E-state index contributed by atoms with van der Waals surface area (Å²) in [5.41, 5.74) is 1.59. The minimum atomic E-state index is 0.0107. The molecular weight excluding hydrogens is 262 g/mol. The van der Waals surface area contributed by atoms with E-state index in [-0.39, 0.29) is 5.91 Å². The van der Waals surface area contributed by atoms with Crippen LogP contribution >= 0.6 is 11.6 Å². The van der Waals surface area contributed by atoms with E-state index in [1.165, 1.54) is 0 Å². The fourth-order valence-electron chi connectivity index (χ4n) is 2.23. The van der Waals surface area contributed by atoms with Crippen LogP contribution < -0.4 is 10.1 Å². The normalized spacial score (nSPS) is 17.5. The van der Waals surface area contributed by atoms with E-state index in [1.54, 1.807) is 13.2 Å². The highest BCUT2D eigenvalue weighted by Crippen LogP contribution is 2.31. The Bertz CT molecular complexity index is 511. The average Bonchev–Trinajstić information content (AvgIpc) is 2.86. The van der Waals surface area contributed by atoms with Crippen LogP contribution in [0, 0.1) is 12.8 Å². The van der Waals surface area contributed by atoms with Gasteiger partial charge in [0.05, 0.1) is 12.8 Å². The van der Waals surface area contributed by atoms with Crippen LogP contribution in [-0.2, 0) is 4.79 Å². The lowest BCUT2D eigenvalue weighted by Gasteiger charge is -2.13. The van der Waals surface area contributed by atoms with E-state index in [1.807, 2.05) is 13.0 Å². The zero-order valence-electron chi connectivity index (χ0n) is 11.2. The third-order valence-electron chi connectivity index (χ3n) is 3.31. The van der Waals surface area contributed by atoms with Gasteiger partial charge < -0.3 is 10.1 Å². The van der Waals surface area contributed by atoms with Crippen LogP contribution in [0.3, 0.4) is 0 Å². The molecule has 1 N–H and O–H groups in total. The summed E-state index contributed by atoms with van der Waals surface area (Å²) in [5.74, 6) is 0.960. The number of amides is 1. The number of halogens is 1. The number of allylic oxidation sites excluding steroid dienone is 2. The fourth-order valence-corrected chi connectivity index (χ4v) is 2.39. The van der Waals surface area contributed by atoms with E-state index >= 15 is 0 Å². The lowest BCUT2D eigenvalue weighted by molar-refractivity contribution is -0.116. The monoisotopic (exact) mass is 279 g/mol. The highest BCUT2D eigenvalue weighted by atomic mass is 35.5. The van der Waals surface area contributed by atoms with Gasteiger partial charge in [-0.15, -0.1) is 0 Å². The highest BCUT2D eigenvalue weighted by molar-refractivity contribution is 6.31. The van der Waals surface area contributed by atoms with Gasteiger partial charge in [0.15, 0.2) is 0 Å². The van der Waals surface area contributed by atoms with Crippen molar-refractivity contribution in [1.29, 1.82) is 0 Å². The summed E-state index contributed by atoms with van der Waals surface area (Å²) in [6.45, 7) is 1.90. The van der Waals surface area contributed by atoms with Crippen molar-refractivity contribution >= 4 is 23.2 Å². The number of ether oxygens (including phenoxy) is 1. The molecule has 0 saturated carbocycles. The van der Waals surface area contributed by atoms with Crippen LogP contribution in [0.4, 0.5) is 5.69 Å². The van der Waals surface area contributed by atoms with Crippen molar-refractivity contribution in [2.45, 2.75) is 26.2 Å². The second-order valence-electron chi connectivity index (χ2n) is 4.82. The van der Waals surface area contributed by atoms with Crippen molar-refractivity contribution in [3.05, 3.63) is 34.9 Å². The van der Waals surface area contributed by atoms with E-state index in [0.29, 0.717) is 28.8 Å². The molecule has 1 atom stereocenters. The van der Waals surface area contributed by atoms with E-state index in [9.17, 15) is 4.79 Å². The Balaban J connectivity index is 2.07. The molecule has 2 rings (SSSR count). The van der Waals surface area contributed by atoms with Crippen LogP contribution in [0.25, 0.3) is 0 Å². The molecule has 1 amide bonds. The van der Waals surface area contributed by atoms with Crippen molar-refractivity contribution in [2.24, 2.45) is 5.92 Å². The number of anilines is 1. The Morgan fingerprint density at radius 1 is 1.53 bits per heavy atom. The van der Waals surface area contributed by atoms with E-state index in [4.69, 9.17) is 16.3 Å². The van der Waals surface area contributed by atoms with Gasteiger partial charge in [0.2, 0.25) is 5.91 Å². The molecule has 0 spiro atoms. The first-order valence-corrected chi connectivity index (χ1v) is 6.78. The molecular formula is C15H18ClNO2. The molecule has 1 aromatic rings. The molecule has 1 unspecified atom stereocenters. The Morgan fingerprint density at radius 3 is 2.95 bits per heavy atom. The van der Waals surface area contributed by atoms with Gasteiger partial charge in [0.25, 0.3) is 0 Å². The first-order chi connectivity index (χ1) is 9.10. The van der Waals surface area contributed by atoms with Gasteiger partial charge in [-0.2, -0.15) is 0 Å². The number of methoxy groups -OCH3 is 1. The summed E-state index contributed by atoms with van der Waals surface area (Å²) < 4.78 is 5.24. The minimum Gasteiger partial charge on any atom is -0.495 e. The first-order valence-electron chi connectivity index (χ1n) is 6.41. The van der Waals surface area contributed by atoms with Crippen molar-refractivity contribution in [2.75, 3.05) is 12.4 Å². The van der Waals surface area contributed by atoms with Gasteiger partial charge in [0.1, 0.15) is 5.75 Å². The maximum absolute atomic E-state index is 12.0. The quantitative estimate of drug-likeness (QED) is 0.848. The zero-order chi connectivity index (χ0) is 13.8. The molecule has 19 heavy (non-hydrogen) atoms. The Labute approximate surface area is 118 Å². The Hall–Kier alpha value is -1.48. The van der Waals surface area contributed by atoms with Gasteiger partial charge in [-0.05, 0) is 37.3 Å². The molecule has 0 aromatic heterocycles. The van der Waals surface area contributed by atoms with Crippen LogP contribution in [-0.4, -0.2) is 13.0 Å². The van der Waals surface area contributed by atoms with Crippen molar-refractivity contribution in [3.63, 3.8) is 0 Å². The molecule has 0 saturated heterocycles. The number of aryl methyl sites for hydroxylation is 1. The lowest BCUT2D eigenvalue weighted by atomic mass is 10.0. The van der Waals surface area contributed by atoms with Crippen LogP contribution in [0.15, 0.2) is 24.3 Å². The van der Waals surface area contributed by atoms with E-state index < -0.39 is 0 Å². The molecule has 1 aromatic carbocycles. The highest BCUT2D eigenvalue weighted by Gasteiger charge is 2.16. The molecule has 4 heteroatoms. The third-order valence-corrected chi connectivity index (χ3v) is 3.72. The summed E-state index contributed by atoms with van der Waals surface area (Å²) >= 11 is 6.04. The van der Waals surface area contributed by atoms with Gasteiger partial charge >= 0.3 is 0 Å². The maximum atomic E-state index is 12.0. The molecule has 0 aliphatic heterocycles. The standard InChI is InChI=1S/C15H18ClNO2/c1-10-7-13(14(19-2)9-12(10)16)17-15(18)8-11-5-3-4-6-11/h3,5,7,9,11H,4,6,8H2,1-2H3,(H,17,18). The molecule has 0 bridgehead atoms. The topological polar surface area (TPSA) is 38.3 Å². The number of carbonyl (C=O) groups is 1. The van der Waals surface area contributed by atoms with Crippen LogP contribution in [0.1, 0.15) is 24.8 Å². The first kappa shape index (κ1) is 13.9. The van der Waals surface area contributed by atoms with Gasteiger partial charge in [-0.1, -0.05) is 23.8 Å². The summed E-state index contributed by atoms with van der Waals surface area (Å²) in [6.07, 6.45) is 6.89. The van der Waals surface area contributed by atoms with Crippen molar-refractivity contribution in [1.82, 2.24) is 0 Å². The number of benzene rings is 1. The van der Waals surface area contributed by atoms with Gasteiger partial charge in [0, 0.05) is 17.5 Å². The second kappa shape index (κ2) is 6.11. The number of rotatable bonds is 4. The molecule has 0 heterocycles. The van der Waals surface area contributed by atoms with Crippen LogP contribution in [0.2, 0.25) is 5.02 Å². The number of hydrogen-bond acceptors (Lipinski definition) is 2. The maximum Gasteiger partial charge on any atom is 0.225 e. The summed E-state index contributed by atoms with van der Waals surface area (Å²) in [7, 11) is 1.57. The molecule has 0 fully saturated rings. The van der Waals surface area contributed by atoms with Crippen molar-refractivity contribution in [3.8, 4) is 5.75 Å². The molecule has 1 aliphatic carbocycles. The third kappa shape index (κ3) is 3.51. The predicted octanol–water partition coefficient (Wildman–Crippen LogP) is 3.95. The zero-order valence-corrected chi connectivity index (χ0v) is 12.0. The summed E-state index contributed by atoms with van der Waals surface area (Å²) in [6, 6.07) is 3.56. The number of nitrogens with one attached hydrogen (secondary N) is 1. The SMILES string of the molecule is COc1cc(Cl)c(C)cc1NC(=O)CC1C=CCC1. The van der Waals surface area contributed by atoms with Crippen LogP contribution in [0.5, 0.6) is 5.75 Å². The number of hydrogen-bond donors (Lipinski definition) is 1. The molecule has 102 valence electrons.